The predicted molar refractivity (Wildman–Crippen MR) is 96.0 cm³/mol. The highest BCUT2D eigenvalue weighted by molar-refractivity contribution is 7.80. The van der Waals surface area contributed by atoms with E-state index in [0.717, 1.165) is 17.0 Å². The fraction of sp³-hybridized carbons (Fsp3) is 0.200. The molecule has 0 atom stereocenters. The van der Waals surface area contributed by atoms with Gasteiger partial charge >= 0.3 is 0 Å². The van der Waals surface area contributed by atoms with Crippen molar-refractivity contribution in [1.82, 2.24) is 9.99 Å². The van der Waals surface area contributed by atoms with Crippen LogP contribution in [0.15, 0.2) is 29.4 Å². The van der Waals surface area contributed by atoms with E-state index in [1.807, 2.05) is 24.5 Å². The summed E-state index contributed by atoms with van der Waals surface area (Å²) < 4.78 is 7.25. The summed E-state index contributed by atoms with van der Waals surface area (Å²) in [6.45, 7) is 3.84. The number of hydrazone groups is 1. The van der Waals surface area contributed by atoms with Gasteiger partial charge in [-0.3, -0.25) is 15.5 Å². The quantitative estimate of drug-likeness (QED) is 0.371. The van der Waals surface area contributed by atoms with Crippen LogP contribution >= 0.6 is 12.2 Å². The van der Waals surface area contributed by atoms with Gasteiger partial charge in [0.2, 0.25) is 0 Å². The summed E-state index contributed by atoms with van der Waals surface area (Å²) in [5.41, 5.74) is 11.2. The van der Waals surface area contributed by atoms with Crippen LogP contribution in [0.2, 0.25) is 0 Å². The number of hydrogen-bond donors (Lipinski definition) is 2. The van der Waals surface area contributed by atoms with Crippen LogP contribution in [0.3, 0.4) is 0 Å². The van der Waals surface area contributed by atoms with Gasteiger partial charge in [-0.1, -0.05) is 0 Å². The zero-order valence-corrected chi connectivity index (χ0v) is 14.3. The van der Waals surface area contributed by atoms with Crippen LogP contribution in [0, 0.1) is 24.0 Å². The van der Waals surface area contributed by atoms with Gasteiger partial charge in [0.25, 0.3) is 5.69 Å². The normalized spacial score (nSPS) is 10.8. The zero-order valence-electron chi connectivity index (χ0n) is 13.4. The predicted octanol–water partition coefficient (Wildman–Crippen LogP) is 2.18. The van der Waals surface area contributed by atoms with Gasteiger partial charge in [-0.2, -0.15) is 5.10 Å². The number of nitrogens with one attached hydrogen (secondary N) is 1. The molecule has 0 saturated carbocycles. The molecule has 126 valence electrons. The first-order valence-electron chi connectivity index (χ1n) is 6.95. The number of hydrogen-bond acceptors (Lipinski definition) is 5. The third kappa shape index (κ3) is 3.51. The van der Waals surface area contributed by atoms with Gasteiger partial charge in [0.1, 0.15) is 5.75 Å². The van der Waals surface area contributed by atoms with Crippen molar-refractivity contribution in [1.29, 1.82) is 0 Å². The Bertz CT molecular complexity index is 829. The van der Waals surface area contributed by atoms with Crippen molar-refractivity contribution in [2.75, 3.05) is 7.11 Å². The van der Waals surface area contributed by atoms with E-state index in [9.17, 15) is 10.1 Å². The molecule has 1 aromatic heterocycles. The molecule has 0 aliphatic carbocycles. The van der Waals surface area contributed by atoms with E-state index in [2.05, 4.69) is 10.5 Å². The standard InChI is InChI=1S/C15H17N5O3S/c1-9-6-11(8-17-18-15(16)24)10(2)19(9)13-5-4-12(20(21)22)7-14(13)23-3/h4-8H,1-3H3,(H3,16,18,24)/b17-8-. The first kappa shape index (κ1) is 17.4. The van der Waals surface area contributed by atoms with Gasteiger partial charge < -0.3 is 15.0 Å². The van der Waals surface area contributed by atoms with Crippen LogP contribution in [-0.2, 0) is 0 Å². The molecule has 0 radical (unpaired) electrons. The van der Waals surface area contributed by atoms with Crippen LogP contribution in [0.5, 0.6) is 5.75 Å². The van der Waals surface area contributed by atoms with Crippen molar-refractivity contribution in [2.24, 2.45) is 10.8 Å². The number of rotatable bonds is 5. The third-order valence-electron chi connectivity index (χ3n) is 3.46. The average molecular weight is 347 g/mol. The Morgan fingerprint density at radius 2 is 2.17 bits per heavy atom. The molecular formula is C15H17N5O3S. The molecule has 9 heteroatoms. The molecule has 1 aromatic carbocycles. The molecule has 0 amide bonds. The number of aromatic nitrogens is 1. The zero-order chi connectivity index (χ0) is 17.9. The number of aryl methyl sites for hydroxylation is 1. The van der Waals surface area contributed by atoms with E-state index in [0.29, 0.717) is 11.4 Å². The summed E-state index contributed by atoms with van der Waals surface area (Å²) in [4.78, 5) is 10.5. The summed E-state index contributed by atoms with van der Waals surface area (Å²) >= 11 is 4.69. The van der Waals surface area contributed by atoms with E-state index in [-0.39, 0.29) is 10.8 Å². The monoisotopic (exact) mass is 347 g/mol. The lowest BCUT2D eigenvalue weighted by Gasteiger charge is -2.13. The highest BCUT2D eigenvalue weighted by Crippen LogP contribution is 2.31. The van der Waals surface area contributed by atoms with Gasteiger partial charge in [0.05, 0.1) is 30.0 Å². The number of methoxy groups -OCH3 is 1. The first-order valence-corrected chi connectivity index (χ1v) is 7.36. The Hall–Kier alpha value is -2.94. The minimum atomic E-state index is -0.457. The van der Waals surface area contributed by atoms with Crippen LogP contribution < -0.4 is 15.9 Å². The van der Waals surface area contributed by atoms with E-state index < -0.39 is 4.92 Å². The van der Waals surface area contributed by atoms with Crippen LogP contribution in [0.25, 0.3) is 5.69 Å². The molecular weight excluding hydrogens is 330 g/mol. The minimum Gasteiger partial charge on any atom is -0.494 e. The second-order valence-corrected chi connectivity index (χ2v) is 5.45. The molecule has 24 heavy (non-hydrogen) atoms. The number of ether oxygens (including phenoxy) is 1. The van der Waals surface area contributed by atoms with Gasteiger partial charge in [0.15, 0.2) is 5.11 Å². The number of nitrogens with zero attached hydrogens (tertiary/aromatic N) is 3. The van der Waals surface area contributed by atoms with Gasteiger partial charge in [-0.25, -0.2) is 0 Å². The second kappa shape index (κ2) is 7.09. The fourth-order valence-corrected chi connectivity index (χ4v) is 2.47. The molecule has 3 N–H and O–H groups in total. The number of nitro benzene ring substituents is 1. The molecule has 0 spiro atoms. The number of thiocarbonyl (C=S) groups is 1. The Morgan fingerprint density at radius 3 is 2.75 bits per heavy atom. The van der Waals surface area contributed by atoms with Crippen molar-refractivity contribution < 1.29 is 9.66 Å². The maximum atomic E-state index is 10.9. The SMILES string of the molecule is COc1cc([N+](=O)[O-])ccc1-n1c(C)cc(/C=N\NC(N)=S)c1C. The summed E-state index contributed by atoms with van der Waals surface area (Å²) in [7, 11) is 1.48. The lowest BCUT2D eigenvalue weighted by Crippen LogP contribution is -2.24. The number of nitro groups is 1. The van der Waals surface area contributed by atoms with E-state index in [4.69, 9.17) is 22.7 Å². The molecule has 2 rings (SSSR count). The fourth-order valence-electron chi connectivity index (χ4n) is 2.42. The summed E-state index contributed by atoms with van der Waals surface area (Å²) in [5, 5.41) is 15.0. The van der Waals surface area contributed by atoms with Crippen molar-refractivity contribution in [3.05, 3.63) is 51.3 Å². The third-order valence-corrected chi connectivity index (χ3v) is 3.55. The van der Waals surface area contributed by atoms with Gasteiger partial charge in [0, 0.05) is 23.0 Å². The van der Waals surface area contributed by atoms with E-state index in [1.54, 1.807) is 12.3 Å². The molecule has 1 heterocycles. The maximum absolute atomic E-state index is 10.9. The highest BCUT2D eigenvalue weighted by atomic mass is 32.1. The molecule has 0 bridgehead atoms. The van der Waals surface area contributed by atoms with E-state index >= 15 is 0 Å². The van der Waals surface area contributed by atoms with Crippen molar-refractivity contribution >= 4 is 29.2 Å². The molecule has 0 aliphatic heterocycles. The van der Waals surface area contributed by atoms with Crippen LogP contribution in [-0.4, -0.2) is 27.9 Å². The van der Waals surface area contributed by atoms with Crippen LogP contribution in [0.1, 0.15) is 17.0 Å². The number of nitrogens with two attached hydrogens (primary N) is 1. The Labute approximate surface area is 144 Å². The summed E-state index contributed by atoms with van der Waals surface area (Å²) in [6.07, 6.45) is 1.61. The largest absolute Gasteiger partial charge is 0.494 e. The smallest absolute Gasteiger partial charge is 0.273 e. The Kier molecular flexibility index (Phi) is 5.14. The highest BCUT2D eigenvalue weighted by Gasteiger charge is 2.16. The lowest BCUT2D eigenvalue weighted by molar-refractivity contribution is -0.384. The van der Waals surface area contributed by atoms with Crippen molar-refractivity contribution in [3.8, 4) is 11.4 Å². The summed E-state index contributed by atoms with van der Waals surface area (Å²) in [5.74, 6) is 0.413. The number of benzene rings is 1. The minimum absolute atomic E-state index is 0.0273. The van der Waals surface area contributed by atoms with Gasteiger partial charge in [-0.15, -0.1) is 0 Å². The Morgan fingerprint density at radius 1 is 1.46 bits per heavy atom. The maximum Gasteiger partial charge on any atom is 0.273 e. The van der Waals surface area contributed by atoms with E-state index in [1.165, 1.54) is 19.2 Å². The molecule has 0 saturated heterocycles. The molecule has 2 aromatic rings. The van der Waals surface area contributed by atoms with Gasteiger partial charge in [-0.05, 0) is 38.2 Å². The topological polar surface area (TPSA) is 108 Å². The van der Waals surface area contributed by atoms with Crippen LogP contribution in [0.4, 0.5) is 5.69 Å². The van der Waals surface area contributed by atoms with Crippen molar-refractivity contribution in [2.45, 2.75) is 13.8 Å². The number of non-ortho nitro benzene ring substituents is 1. The summed E-state index contributed by atoms with van der Waals surface area (Å²) in [6, 6.07) is 6.43. The first-order chi connectivity index (χ1) is 11.3. The molecule has 8 nitrogen and oxygen atoms in total. The molecule has 0 fully saturated rings. The average Bonchev–Trinajstić information content (AvgIpc) is 2.80. The molecule has 0 aliphatic rings. The Balaban J connectivity index is 2.49. The lowest BCUT2D eigenvalue weighted by atomic mass is 10.2. The molecule has 0 unspecified atom stereocenters. The second-order valence-electron chi connectivity index (χ2n) is 5.01. The van der Waals surface area contributed by atoms with Crippen molar-refractivity contribution in [3.63, 3.8) is 0 Å².